The van der Waals surface area contributed by atoms with E-state index in [4.69, 9.17) is 5.11 Å². The maximum Gasteiger partial charge on any atom is 0.402 e. The quantitative estimate of drug-likeness (QED) is 0.718. The number of rotatable bonds is 6. The summed E-state index contributed by atoms with van der Waals surface area (Å²) in [6, 6.07) is -0.301. The third-order valence-corrected chi connectivity index (χ3v) is 4.59. The van der Waals surface area contributed by atoms with Gasteiger partial charge in [-0.05, 0) is 19.4 Å². The van der Waals surface area contributed by atoms with Crippen LogP contribution in [-0.4, -0.2) is 62.0 Å². The number of alkyl halides is 3. The Labute approximate surface area is 104 Å². The number of aliphatic hydroxyl groups is 1. The van der Waals surface area contributed by atoms with Gasteiger partial charge in [0.2, 0.25) is 10.0 Å². The molecule has 0 aromatic rings. The summed E-state index contributed by atoms with van der Waals surface area (Å²) in [6.07, 6.45) is -3.15. The van der Waals surface area contributed by atoms with Crippen molar-refractivity contribution in [3.63, 3.8) is 0 Å². The highest BCUT2D eigenvalue weighted by Crippen LogP contribution is 2.19. The normalized spacial score (nSPS) is 21.7. The molecule has 5 nitrogen and oxygen atoms in total. The lowest BCUT2D eigenvalue weighted by atomic mass is 10.3. The molecule has 0 amide bonds. The Kier molecular flexibility index (Phi) is 5.38. The zero-order chi connectivity index (χ0) is 13.8. The van der Waals surface area contributed by atoms with Gasteiger partial charge in [-0.15, -0.1) is 0 Å². The third kappa shape index (κ3) is 5.09. The van der Waals surface area contributed by atoms with Crippen LogP contribution in [0.3, 0.4) is 0 Å². The van der Waals surface area contributed by atoms with Crippen molar-refractivity contribution in [3.8, 4) is 0 Å². The SMILES string of the molecule is O=S(=O)(CC1CCCN1)N(CCO)CC(F)(F)F. The fraction of sp³-hybridized carbons (Fsp3) is 1.00. The van der Waals surface area contributed by atoms with Gasteiger partial charge in [-0.25, -0.2) is 8.42 Å². The molecule has 18 heavy (non-hydrogen) atoms. The lowest BCUT2D eigenvalue weighted by Gasteiger charge is -2.24. The standard InChI is InChI=1S/C9H17F3N2O3S/c10-9(11,12)7-14(4-5-15)18(16,17)6-8-2-1-3-13-8/h8,13,15H,1-7H2. The van der Waals surface area contributed by atoms with E-state index >= 15 is 0 Å². The maximum absolute atomic E-state index is 12.3. The highest BCUT2D eigenvalue weighted by atomic mass is 32.2. The molecule has 1 saturated heterocycles. The third-order valence-electron chi connectivity index (χ3n) is 2.67. The molecule has 108 valence electrons. The Morgan fingerprint density at radius 3 is 2.50 bits per heavy atom. The zero-order valence-electron chi connectivity index (χ0n) is 9.78. The van der Waals surface area contributed by atoms with Gasteiger partial charge in [0.15, 0.2) is 0 Å². The Hall–Kier alpha value is -0.380. The van der Waals surface area contributed by atoms with Crippen molar-refractivity contribution >= 4 is 10.0 Å². The van der Waals surface area contributed by atoms with E-state index in [0.717, 1.165) is 6.42 Å². The molecule has 0 saturated carbocycles. The van der Waals surface area contributed by atoms with E-state index < -0.39 is 35.9 Å². The van der Waals surface area contributed by atoms with Crippen molar-refractivity contribution in [2.24, 2.45) is 0 Å². The summed E-state index contributed by atoms with van der Waals surface area (Å²) in [4.78, 5) is 0. The predicted octanol–water partition coefficient (Wildman–Crippen LogP) is -0.0752. The molecule has 0 bridgehead atoms. The summed E-state index contributed by atoms with van der Waals surface area (Å²) in [5, 5.41) is 11.6. The predicted molar refractivity (Wildman–Crippen MR) is 59.5 cm³/mol. The van der Waals surface area contributed by atoms with Crippen LogP contribution in [0.1, 0.15) is 12.8 Å². The first-order chi connectivity index (χ1) is 8.24. The van der Waals surface area contributed by atoms with Gasteiger partial charge in [0.05, 0.1) is 12.4 Å². The van der Waals surface area contributed by atoms with E-state index in [1.807, 2.05) is 0 Å². The molecular weight excluding hydrogens is 273 g/mol. The highest BCUT2D eigenvalue weighted by molar-refractivity contribution is 7.89. The molecule has 1 heterocycles. The van der Waals surface area contributed by atoms with Crippen molar-refractivity contribution in [2.45, 2.75) is 25.1 Å². The van der Waals surface area contributed by atoms with Crippen molar-refractivity contribution in [1.82, 2.24) is 9.62 Å². The smallest absolute Gasteiger partial charge is 0.395 e. The zero-order valence-corrected chi connectivity index (χ0v) is 10.6. The number of nitrogens with one attached hydrogen (secondary N) is 1. The van der Waals surface area contributed by atoms with Gasteiger partial charge in [0.1, 0.15) is 6.54 Å². The van der Waals surface area contributed by atoms with Crippen LogP contribution in [0.25, 0.3) is 0 Å². The fourth-order valence-corrected chi connectivity index (χ4v) is 3.59. The summed E-state index contributed by atoms with van der Waals surface area (Å²) in [7, 11) is -4.01. The van der Waals surface area contributed by atoms with E-state index in [0.29, 0.717) is 17.3 Å². The molecule has 1 rings (SSSR count). The van der Waals surface area contributed by atoms with Crippen molar-refractivity contribution in [3.05, 3.63) is 0 Å². The van der Waals surface area contributed by atoms with E-state index in [-0.39, 0.29) is 11.8 Å². The van der Waals surface area contributed by atoms with Gasteiger partial charge in [-0.2, -0.15) is 17.5 Å². The minimum absolute atomic E-state index is 0.299. The van der Waals surface area contributed by atoms with Crippen LogP contribution < -0.4 is 5.32 Å². The Balaban J connectivity index is 2.69. The Bertz CT molecular complexity index is 353. The number of hydrogen-bond donors (Lipinski definition) is 2. The first-order valence-corrected chi connectivity index (χ1v) is 7.24. The number of nitrogens with zero attached hydrogens (tertiary/aromatic N) is 1. The molecule has 1 aliphatic rings. The molecule has 9 heteroatoms. The highest BCUT2D eigenvalue weighted by Gasteiger charge is 2.37. The second kappa shape index (κ2) is 6.18. The molecule has 1 aliphatic heterocycles. The summed E-state index contributed by atoms with van der Waals surface area (Å²) in [6.45, 7) is -2.04. The summed E-state index contributed by atoms with van der Waals surface area (Å²) in [5.74, 6) is -0.358. The Morgan fingerprint density at radius 2 is 2.06 bits per heavy atom. The lowest BCUT2D eigenvalue weighted by Crippen LogP contribution is -2.45. The van der Waals surface area contributed by atoms with Gasteiger partial charge in [-0.3, -0.25) is 0 Å². The molecule has 1 fully saturated rings. The minimum atomic E-state index is -4.61. The molecule has 1 unspecified atom stereocenters. The lowest BCUT2D eigenvalue weighted by molar-refractivity contribution is -0.136. The van der Waals surface area contributed by atoms with Crippen LogP contribution in [0.2, 0.25) is 0 Å². The summed E-state index contributed by atoms with van der Waals surface area (Å²) >= 11 is 0. The van der Waals surface area contributed by atoms with Crippen LogP contribution >= 0.6 is 0 Å². The van der Waals surface area contributed by atoms with E-state index in [9.17, 15) is 21.6 Å². The molecular formula is C9H17F3N2O3S. The van der Waals surface area contributed by atoms with Gasteiger partial charge in [0.25, 0.3) is 0 Å². The number of sulfonamides is 1. The van der Waals surface area contributed by atoms with Crippen molar-refractivity contribution < 1.29 is 26.7 Å². The summed E-state index contributed by atoms with van der Waals surface area (Å²) in [5.41, 5.74) is 0. The number of aliphatic hydroxyl groups excluding tert-OH is 1. The number of halogens is 3. The average Bonchev–Trinajstić information content (AvgIpc) is 2.67. The molecule has 0 spiro atoms. The summed E-state index contributed by atoms with van der Waals surface area (Å²) < 4.78 is 60.8. The number of hydrogen-bond acceptors (Lipinski definition) is 4. The maximum atomic E-state index is 12.3. The topological polar surface area (TPSA) is 69.6 Å². The van der Waals surface area contributed by atoms with Crippen LogP contribution in [-0.2, 0) is 10.0 Å². The largest absolute Gasteiger partial charge is 0.402 e. The second-order valence-electron chi connectivity index (χ2n) is 4.24. The molecule has 0 aliphatic carbocycles. The van der Waals surface area contributed by atoms with Crippen LogP contribution in [0.5, 0.6) is 0 Å². The fourth-order valence-electron chi connectivity index (χ4n) is 1.89. The average molecular weight is 290 g/mol. The first kappa shape index (κ1) is 15.7. The van der Waals surface area contributed by atoms with Crippen LogP contribution in [0, 0.1) is 0 Å². The molecule has 0 radical (unpaired) electrons. The Morgan fingerprint density at radius 1 is 1.39 bits per heavy atom. The molecule has 0 aromatic heterocycles. The second-order valence-corrected chi connectivity index (χ2v) is 6.26. The van der Waals surface area contributed by atoms with Crippen LogP contribution in [0.15, 0.2) is 0 Å². The van der Waals surface area contributed by atoms with E-state index in [1.165, 1.54) is 0 Å². The molecule has 2 N–H and O–H groups in total. The van der Waals surface area contributed by atoms with Crippen molar-refractivity contribution in [1.29, 1.82) is 0 Å². The van der Waals surface area contributed by atoms with Gasteiger partial charge >= 0.3 is 6.18 Å². The van der Waals surface area contributed by atoms with Crippen molar-refractivity contribution in [2.75, 3.05) is 32.0 Å². The van der Waals surface area contributed by atoms with E-state index in [1.54, 1.807) is 0 Å². The van der Waals surface area contributed by atoms with Gasteiger partial charge in [0, 0.05) is 12.6 Å². The van der Waals surface area contributed by atoms with Gasteiger partial charge < -0.3 is 10.4 Å². The van der Waals surface area contributed by atoms with Crippen LogP contribution in [0.4, 0.5) is 13.2 Å². The first-order valence-electron chi connectivity index (χ1n) is 5.63. The minimum Gasteiger partial charge on any atom is -0.395 e. The van der Waals surface area contributed by atoms with Gasteiger partial charge in [-0.1, -0.05) is 0 Å². The molecule has 1 atom stereocenters. The monoisotopic (exact) mass is 290 g/mol. The van der Waals surface area contributed by atoms with E-state index in [2.05, 4.69) is 5.32 Å². The molecule has 0 aromatic carbocycles.